The highest BCUT2D eigenvalue weighted by atomic mass is 16.5. The first-order valence-electron chi connectivity index (χ1n) is 9.46. The molecule has 0 radical (unpaired) electrons. The van der Waals surface area contributed by atoms with Gasteiger partial charge in [0.1, 0.15) is 11.5 Å². The maximum absolute atomic E-state index is 12.4. The largest absolute Gasteiger partial charge is 0.457 e. The van der Waals surface area contributed by atoms with E-state index in [1.54, 1.807) is 31.4 Å². The number of rotatable bonds is 7. The second kappa shape index (κ2) is 9.37. The zero-order valence-corrected chi connectivity index (χ0v) is 16.3. The molecule has 2 aromatic rings. The van der Waals surface area contributed by atoms with E-state index < -0.39 is 0 Å². The molecule has 0 spiro atoms. The lowest BCUT2D eigenvalue weighted by Crippen LogP contribution is -2.42. The van der Waals surface area contributed by atoms with Gasteiger partial charge in [-0.15, -0.1) is 0 Å². The number of amides is 2. The normalized spacial score (nSPS) is 18.7. The Labute approximate surface area is 165 Å². The van der Waals surface area contributed by atoms with Crippen LogP contribution in [0.25, 0.3) is 0 Å². The van der Waals surface area contributed by atoms with Crippen LogP contribution in [0.15, 0.2) is 54.6 Å². The quantitative estimate of drug-likeness (QED) is 0.799. The molecule has 2 aromatic carbocycles. The van der Waals surface area contributed by atoms with Gasteiger partial charge in [0.2, 0.25) is 5.91 Å². The van der Waals surface area contributed by atoms with Gasteiger partial charge in [0.15, 0.2) is 0 Å². The minimum absolute atomic E-state index is 0.00879. The van der Waals surface area contributed by atoms with E-state index in [1.807, 2.05) is 42.2 Å². The van der Waals surface area contributed by atoms with Crippen LogP contribution in [0.1, 0.15) is 23.7 Å². The second-order valence-electron chi connectivity index (χ2n) is 7.07. The lowest BCUT2D eigenvalue weighted by molar-refractivity contribution is -0.130. The van der Waals surface area contributed by atoms with Gasteiger partial charge in [-0.3, -0.25) is 9.59 Å². The Balaban J connectivity index is 1.50. The van der Waals surface area contributed by atoms with E-state index in [9.17, 15) is 9.59 Å². The van der Waals surface area contributed by atoms with Gasteiger partial charge in [-0.2, -0.15) is 0 Å². The highest BCUT2D eigenvalue weighted by Gasteiger charge is 2.32. The van der Waals surface area contributed by atoms with Crippen molar-refractivity contribution in [3.8, 4) is 11.5 Å². The molecular formula is C22H26N2O4. The fourth-order valence-electron chi connectivity index (χ4n) is 3.50. The van der Waals surface area contributed by atoms with Crippen molar-refractivity contribution in [1.82, 2.24) is 10.2 Å². The summed E-state index contributed by atoms with van der Waals surface area (Å²) in [5, 5.41) is 2.71. The molecule has 2 amide bonds. The van der Waals surface area contributed by atoms with Crippen LogP contribution in [0.2, 0.25) is 0 Å². The summed E-state index contributed by atoms with van der Waals surface area (Å²) in [5.41, 5.74) is 0.486. The van der Waals surface area contributed by atoms with Crippen LogP contribution in [-0.4, -0.2) is 49.6 Å². The summed E-state index contributed by atoms with van der Waals surface area (Å²) in [4.78, 5) is 26.6. The number of carbonyl (C=O) groups excluding carboxylic acids is 2. The predicted molar refractivity (Wildman–Crippen MR) is 106 cm³/mol. The summed E-state index contributed by atoms with van der Waals surface area (Å²) in [6.45, 7) is 3.35. The van der Waals surface area contributed by atoms with Gasteiger partial charge in [-0.1, -0.05) is 18.2 Å². The van der Waals surface area contributed by atoms with Gasteiger partial charge in [0.05, 0.1) is 13.2 Å². The highest BCUT2D eigenvalue weighted by molar-refractivity contribution is 5.96. The van der Waals surface area contributed by atoms with Gasteiger partial charge in [-0.05, 0) is 49.7 Å². The van der Waals surface area contributed by atoms with Crippen molar-refractivity contribution in [3.63, 3.8) is 0 Å². The fraction of sp³-hybridized carbons (Fsp3) is 0.364. The molecule has 1 N–H and O–H groups in total. The van der Waals surface area contributed by atoms with Crippen LogP contribution in [0.4, 0.5) is 0 Å². The van der Waals surface area contributed by atoms with Crippen molar-refractivity contribution < 1.29 is 19.1 Å². The van der Waals surface area contributed by atoms with Crippen molar-refractivity contribution in [3.05, 3.63) is 60.2 Å². The van der Waals surface area contributed by atoms with Crippen molar-refractivity contribution >= 4 is 11.8 Å². The molecule has 0 aliphatic carbocycles. The minimum Gasteiger partial charge on any atom is -0.457 e. The number of nitrogens with one attached hydrogen (secondary N) is 1. The number of likely N-dealkylation sites (tertiary alicyclic amines) is 1. The first-order valence-corrected chi connectivity index (χ1v) is 9.46. The topological polar surface area (TPSA) is 67.9 Å². The monoisotopic (exact) mass is 382 g/mol. The Morgan fingerprint density at radius 1 is 1.07 bits per heavy atom. The SMILES string of the molecule is COCC1CC(C)N(C(=O)CNC(=O)c2ccc(Oc3ccccc3)cc2)C1. The van der Waals surface area contributed by atoms with E-state index >= 15 is 0 Å². The number of carbonyl (C=O) groups is 2. The molecule has 0 saturated carbocycles. The first-order chi connectivity index (χ1) is 13.6. The fourth-order valence-corrected chi connectivity index (χ4v) is 3.50. The van der Waals surface area contributed by atoms with Gasteiger partial charge in [0.25, 0.3) is 5.91 Å². The van der Waals surface area contributed by atoms with Crippen LogP contribution in [0.5, 0.6) is 11.5 Å². The van der Waals surface area contributed by atoms with Crippen LogP contribution in [0.3, 0.4) is 0 Å². The zero-order valence-electron chi connectivity index (χ0n) is 16.3. The lowest BCUT2D eigenvalue weighted by atomic mass is 10.1. The number of hydrogen-bond donors (Lipinski definition) is 1. The Morgan fingerprint density at radius 3 is 2.43 bits per heavy atom. The number of nitrogens with zero attached hydrogens (tertiary/aromatic N) is 1. The summed E-state index contributed by atoms with van der Waals surface area (Å²) < 4.78 is 10.9. The van der Waals surface area contributed by atoms with Crippen molar-refractivity contribution in [1.29, 1.82) is 0 Å². The summed E-state index contributed by atoms with van der Waals surface area (Å²) >= 11 is 0. The maximum atomic E-state index is 12.4. The molecular weight excluding hydrogens is 356 g/mol. The van der Waals surface area contributed by atoms with E-state index in [0.29, 0.717) is 30.4 Å². The third kappa shape index (κ3) is 5.10. The molecule has 0 bridgehead atoms. The van der Waals surface area contributed by atoms with Crippen molar-refractivity contribution in [2.45, 2.75) is 19.4 Å². The molecule has 6 heteroatoms. The molecule has 148 valence electrons. The number of hydrogen-bond acceptors (Lipinski definition) is 4. The van der Waals surface area contributed by atoms with Crippen LogP contribution < -0.4 is 10.1 Å². The third-order valence-electron chi connectivity index (χ3n) is 4.88. The van der Waals surface area contributed by atoms with Gasteiger partial charge in [-0.25, -0.2) is 0 Å². The maximum Gasteiger partial charge on any atom is 0.251 e. The molecule has 1 aliphatic heterocycles. The molecule has 2 unspecified atom stereocenters. The Bertz CT molecular complexity index is 792. The van der Waals surface area contributed by atoms with E-state index in [0.717, 1.165) is 12.2 Å². The number of ether oxygens (including phenoxy) is 2. The van der Waals surface area contributed by atoms with Crippen molar-refractivity contribution in [2.24, 2.45) is 5.92 Å². The summed E-state index contributed by atoms with van der Waals surface area (Å²) in [5.74, 6) is 1.39. The Kier molecular flexibility index (Phi) is 6.66. The second-order valence-corrected chi connectivity index (χ2v) is 7.07. The molecule has 1 heterocycles. The van der Waals surface area contributed by atoms with Gasteiger partial charge >= 0.3 is 0 Å². The first kappa shape index (κ1) is 19.9. The van der Waals surface area contributed by atoms with Gasteiger partial charge < -0.3 is 19.7 Å². The predicted octanol–water partition coefficient (Wildman–Crippen LogP) is 3.09. The molecule has 2 atom stereocenters. The summed E-state index contributed by atoms with van der Waals surface area (Å²) in [6.07, 6.45) is 0.927. The molecule has 3 rings (SSSR count). The van der Waals surface area contributed by atoms with E-state index in [-0.39, 0.29) is 24.4 Å². The van der Waals surface area contributed by atoms with Gasteiger partial charge in [0, 0.05) is 31.2 Å². The zero-order chi connectivity index (χ0) is 19.9. The van der Waals surface area contributed by atoms with Crippen molar-refractivity contribution in [2.75, 3.05) is 26.8 Å². The standard InChI is InChI=1S/C22H26N2O4/c1-16-12-17(15-27-2)14-24(16)21(25)13-23-22(26)18-8-10-20(11-9-18)28-19-6-4-3-5-7-19/h3-11,16-17H,12-15H2,1-2H3,(H,23,26). The minimum atomic E-state index is -0.278. The smallest absolute Gasteiger partial charge is 0.251 e. The van der Waals surface area contributed by atoms with E-state index in [4.69, 9.17) is 9.47 Å². The average molecular weight is 382 g/mol. The van der Waals surface area contributed by atoms with Crippen LogP contribution in [-0.2, 0) is 9.53 Å². The number of benzene rings is 2. The molecule has 6 nitrogen and oxygen atoms in total. The molecule has 28 heavy (non-hydrogen) atoms. The van der Waals surface area contributed by atoms with E-state index in [2.05, 4.69) is 5.32 Å². The highest BCUT2D eigenvalue weighted by Crippen LogP contribution is 2.23. The summed E-state index contributed by atoms with van der Waals surface area (Å²) in [7, 11) is 1.67. The Morgan fingerprint density at radius 2 is 1.75 bits per heavy atom. The van der Waals surface area contributed by atoms with Crippen LogP contribution in [0, 0.1) is 5.92 Å². The molecule has 0 aromatic heterocycles. The molecule has 1 fully saturated rings. The molecule has 1 aliphatic rings. The third-order valence-corrected chi connectivity index (χ3v) is 4.88. The number of methoxy groups -OCH3 is 1. The summed E-state index contributed by atoms with van der Waals surface area (Å²) in [6, 6.07) is 16.5. The molecule has 1 saturated heterocycles. The lowest BCUT2D eigenvalue weighted by Gasteiger charge is -2.21. The average Bonchev–Trinajstić information content (AvgIpc) is 3.08. The van der Waals surface area contributed by atoms with E-state index in [1.165, 1.54) is 0 Å². The number of para-hydroxylation sites is 1. The van der Waals surface area contributed by atoms with Crippen LogP contribution >= 0.6 is 0 Å². The Hall–Kier alpha value is -2.86.